The quantitative estimate of drug-likeness (QED) is 0.189. The predicted octanol–water partition coefficient (Wildman–Crippen LogP) is 7.80. The zero-order valence-electron chi connectivity index (χ0n) is 21.8. The maximum absolute atomic E-state index is 13.1. The summed E-state index contributed by atoms with van der Waals surface area (Å²) in [5.74, 6) is -0.0382. The van der Waals surface area contributed by atoms with Crippen LogP contribution in [0.25, 0.3) is 22.3 Å². The summed E-state index contributed by atoms with van der Waals surface area (Å²) < 4.78 is 5.77. The van der Waals surface area contributed by atoms with E-state index in [1.54, 1.807) is 36.8 Å². The lowest BCUT2D eigenvalue weighted by molar-refractivity contribution is 0.112. The third-order valence-electron chi connectivity index (χ3n) is 7.08. The maximum Gasteiger partial charge on any atom is 0.407 e. The molecule has 3 aromatic carbocycles. The minimum absolute atomic E-state index is 0.0382. The molecule has 0 aliphatic heterocycles. The molecule has 0 radical (unpaired) electrons. The molecule has 1 N–H and O–H groups in total. The first kappa shape index (κ1) is 26.7. The molecule has 0 bridgehead atoms. The van der Waals surface area contributed by atoms with Gasteiger partial charge in [0.1, 0.15) is 11.6 Å². The highest BCUT2D eigenvalue weighted by Crippen LogP contribution is 2.45. The number of alkyl carbamates (subject to hydrolysis) is 1. The Balaban J connectivity index is 1.25. The summed E-state index contributed by atoms with van der Waals surface area (Å²) in [6, 6.07) is 27.4. The Kier molecular flexibility index (Phi) is 7.80. The number of hydrogen-bond acceptors (Lipinski definition) is 6. The van der Waals surface area contributed by atoms with Crippen molar-refractivity contribution in [2.75, 3.05) is 6.61 Å². The normalized spacial score (nSPS) is 11.9. The van der Waals surface area contributed by atoms with Crippen molar-refractivity contribution in [3.8, 4) is 22.3 Å². The average molecular weight is 578 g/mol. The number of carbonyl (C=O) groups is 2. The lowest BCUT2D eigenvalue weighted by Crippen LogP contribution is -2.26. The lowest BCUT2D eigenvalue weighted by Gasteiger charge is -2.18. The number of halogens is 1. The average Bonchev–Trinajstić information content (AvgIpc) is 3.34. The summed E-state index contributed by atoms with van der Waals surface area (Å²) in [5.41, 5.74) is 7.67. The molecule has 2 aromatic heterocycles. The third-order valence-corrected chi connectivity index (χ3v) is 8.72. The molecule has 6 nitrogen and oxygen atoms in total. The van der Waals surface area contributed by atoms with Crippen molar-refractivity contribution < 1.29 is 14.3 Å². The van der Waals surface area contributed by atoms with Gasteiger partial charge in [0.25, 0.3) is 0 Å². The summed E-state index contributed by atoms with van der Waals surface area (Å²) in [6.45, 7) is 0.366. The number of ether oxygens (including phenoxy) is 1. The summed E-state index contributed by atoms with van der Waals surface area (Å²) in [7, 11) is 0. The van der Waals surface area contributed by atoms with Crippen LogP contribution in [0.3, 0.4) is 0 Å². The van der Waals surface area contributed by atoms with Crippen molar-refractivity contribution in [2.45, 2.75) is 22.4 Å². The minimum Gasteiger partial charge on any atom is -0.449 e. The number of fused-ring (bicyclic) bond motifs is 3. The fourth-order valence-corrected chi connectivity index (χ4v) is 6.48. The second kappa shape index (κ2) is 12.0. The van der Waals surface area contributed by atoms with Gasteiger partial charge in [-0.15, -0.1) is 0 Å². The number of aromatic nitrogens is 2. The highest BCUT2D eigenvalue weighted by Gasteiger charge is 2.29. The van der Waals surface area contributed by atoms with Crippen molar-refractivity contribution in [3.63, 3.8) is 0 Å². The topological polar surface area (TPSA) is 81.2 Å². The molecule has 0 fully saturated rings. The summed E-state index contributed by atoms with van der Waals surface area (Å²) >= 11 is 7.99. The molecule has 0 saturated heterocycles. The van der Waals surface area contributed by atoms with E-state index in [0.717, 1.165) is 34.1 Å². The van der Waals surface area contributed by atoms with Crippen LogP contribution in [0.2, 0.25) is 5.02 Å². The van der Waals surface area contributed by atoms with Crippen molar-refractivity contribution in [2.24, 2.45) is 0 Å². The van der Waals surface area contributed by atoms with E-state index in [9.17, 15) is 9.59 Å². The summed E-state index contributed by atoms with van der Waals surface area (Å²) in [5, 5.41) is 3.94. The SMILES string of the molecule is O=Cc1cccnc1Sc1c(Cl)ccc(-c2ccncc2)c1CNC(=O)OCC1c2ccccc2-c2ccccc21. The van der Waals surface area contributed by atoms with Crippen molar-refractivity contribution in [1.82, 2.24) is 15.3 Å². The van der Waals surface area contributed by atoms with E-state index in [4.69, 9.17) is 16.3 Å². The second-order valence-electron chi connectivity index (χ2n) is 9.44. The van der Waals surface area contributed by atoms with E-state index >= 15 is 0 Å². The Morgan fingerprint density at radius 2 is 1.59 bits per heavy atom. The number of nitrogens with one attached hydrogen (secondary N) is 1. The number of rotatable bonds is 8. The van der Waals surface area contributed by atoms with E-state index in [1.165, 1.54) is 22.9 Å². The van der Waals surface area contributed by atoms with Gasteiger partial charge in [0.05, 0.1) is 5.02 Å². The molecule has 6 rings (SSSR count). The Labute approximate surface area is 246 Å². The third kappa shape index (κ3) is 5.46. The Morgan fingerprint density at radius 3 is 2.29 bits per heavy atom. The number of amides is 1. The number of carbonyl (C=O) groups excluding carboxylic acids is 2. The highest BCUT2D eigenvalue weighted by atomic mass is 35.5. The molecule has 0 spiro atoms. The lowest BCUT2D eigenvalue weighted by atomic mass is 9.98. The van der Waals surface area contributed by atoms with Crippen LogP contribution in [-0.4, -0.2) is 29.0 Å². The second-order valence-corrected chi connectivity index (χ2v) is 10.8. The van der Waals surface area contributed by atoms with Crippen LogP contribution < -0.4 is 5.32 Å². The monoisotopic (exact) mass is 577 g/mol. The molecule has 1 aliphatic rings. The van der Waals surface area contributed by atoms with Gasteiger partial charge in [-0.05, 0) is 69.3 Å². The Morgan fingerprint density at radius 1 is 0.878 bits per heavy atom. The molecule has 5 aromatic rings. The predicted molar refractivity (Wildman–Crippen MR) is 160 cm³/mol. The van der Waals surface area contributed by atoms with Crippen LogP contribution in [0.15, 0.2) is 113 Å². The van der Waals surface area contributed by atoms with E-state index in [2.05, 4.69) is 39.6 Å². The molecule has 41 heavy (non-hydrogen) atoms. The summed E-state index contributed by atoms with van der Waals surface area (Å²) in [6.07, 6.45) is 5.29. The molecule has 8 heteroatoms. The maximum atomic E-state index is 13.1. The van der Waals surface area contributed by atoms with Gasteiger partial charge in [0.2, 0.25) is 0 Å². The van der Waals surface area contributed by atoms with Crippen molar-refractivity contribution in [1.29, 1.82) is 0 Å². The first-order valence-corrected chi connectivity index (χ1v) is 14.2. The van der Waals surface area contributed by atoms with E-state index in [-0.39, 0.29) is 19.1 Å². The molecule has 0 atom stereocenters. The van der Waals surface area contributed by atoms with E-state index < -0.39 is 6.09 Å². The molecule has 2 heterocycles. The molecular weight excluding hydrogens is 554 g/mol. The van der Waals surface area contributed by atoms with Gasteiger partial charge in [-0.25, -0.2) is 9.78 Å². The van der Waals surface area contributed by atoms with E-state index in [0.29, 0.717) is 20.5 Å². The number of hydrogen-bond donors (Lipinski definition) is 1. The van der Waals surface area contributed by atoms with Crippen LogP contribution >= 0.6 is 23.4 Å². The van der Waals surface area contributed by atoms with Crippen LogP contribution in [0.5, 0.6) is 0 Å². The van der Waals surface area contributed by atoms with Gasteiger partial charge in [0, 0.05) is 41.5 Å². The Bertz CT molecular complexity index is 1700. The zero-order valence-corrected chi connectivity index (χ0v) is 23.4. The molecule has 0 unspecified atom stereocenters. The smallest absolute Gasteiger partial charge is 0.407 e. The van der Waals surface area contributed by atoms with Gasteiger partial charge in [-0.2, -0.15) is 0 Å². The largest absolute Gasteiger partial charge is 0.449 e. The summed E-state index contributed by atoms with van der Waals surface area (Å²) in [4.78, 5) is 33.9. The van der Waals surface area contributed by atoms with Gasteiger partial charge in [-0.3, -0.25) is 9.78 Å². The molecule has 1 amide bonds. The van der Waals surface area contributed by atoms with Crippen LogP contribution in [0, 0.1) is 0 Å². The minimum atomic E-state index is -0.533. The number of aldehydes is 1. The standard InChI is InChI=1S/C33H24ClN3O3S/c34-30-12-11-23(21-13-16-35-17-14-21)28(31(30)41-32-22(19-38)6-5-15-36-32)18-37-33(39)40-20-29-26-9-3-1-7-24(26)25-8-2-4-10-27(25)29/h1-17,19,29H,18,20H2,(H,37,39). The fraction of sp³-hybridized carbons (Fsp3) is 0.0909. The van der Waals surface area contributed by atoms with Gasteiger partial charge >= 0.3 is 6.09 Å². The number of pyridine rings is 2. The van der Waals surface area contributed by atoms with Gasteiger partial charge in [0.15, 0.2) is 6.29 Å². The molecular formula is C33H24ClN3O3S. The first-order chi connectivity index (χ1) is 20.1. The van der Waals surface area contributed by atoms with Crippen LogP contribution in [-0.2, 0) is 11.3 Å². The highest BCUT2D eigenvalue weighted by molar-refractivity contribution is 7.99. The van der Waals surface area contributed by atoms with Crippen molar-refractivity contribution in [3.05, 3.63) is 131 Å². The number of benzene rings is 3. The Hall–Kier alpha value is -4.46. The number of nitrogens with zero attached hydrogens (tertiary/aromatic N) is 2. The molecule has 1 aliphatic carbocycles. The fourth-order valence-electron chi connectivity index (χ4n) is 5.17. The van der Waals surface area contributed by atoms with Crippen LogP contribution in [0.1, 0.15) is 33.0 Å². The molecule has 0 saturated carbocycles. The zero-order chi connectivity index (χ0) is 28.2. The molecule has 202 valence electrons. The van der Waals surface area contributed by atoms with Gasteiger partial charge < -0.3 is 10.1 Å². The van der Waals surface area contributed by atoms with Gasteiger partial charge in [-0.1, -0.05) is 78.0 Å². The first-order valence-electron chi connectivity index (χ1n) is 13.0. The van der Waals surface area contributed by atoms with Crippen molar-refractivity contribution >= 4 is 35.7 Å². The van der Waals surface area contributed by atoms with E-state index in [1.807, 2.05) is 42.5 Å². The van der Waals surface area contributed by atoms with Crippen LogP contribution in [0.4, 0.5) is 4.79 Å².